The van der Waals surface area contributed by atoms with E-state index in [2.05, 4.69) is 15.5 Å². The van der Waals surface area contributed by atoms with Crippen molar-refractivity contribution in [3.8, 4) is 11.5 Å². The van der Waals surface area contributed by atoms with Crippen molar-refractivity contribution in [2.45, 2.75) is 19.4 Å². The van der Waals surface area contributed by atoms with Crippen LogP contribution in [0.4, 0.5) is 0 Å². The highest BCUT2D eigenvalue weighted by Crippen LogP contribution is 2.22. The molecule has 1 atom stereocenters. The number of amides is 2. The van der Waals surface area contributed by atoms with Crippen molar-refractivity contribution >= 4 is 11.8 Å². The van der Waals surface area contributed by atoms with Gasteiger partial charge in [0, 0.05) is 25.6 Å². The number of nitrogens with one attached hydrogen (secondary N) is 2. The van der Waals surface area contributed by atoms with E-state index in [4.69, 9.17) is 4.42 Å². The predicted octanol–water partition coefficient (Wildman–Crippen LogP) is 2.16. The Kier molecular flexibility index (Phi) is 4.50. The smallest absolute Gasteiger partial charge is 0.275 e. The van der Waals surface area contributed by atoms with E-state index < -0.39 is 6.04 Å². The third kappa shape index (κ3) is 3.48. The fraction of sp³-hybridized carbons (Fsp3) is 0.250. The molecule has 1 aliphatic heterocycles. The molecule has 1 saturated heterocycles. The molecular formula is C20H20N4O3. The van der Waals surface area contributed by atoms with E-state index in [0.29, 0.717) is 31.0 Å². The van der Waals surface area contributed by atoms with Crippen molar-refractivity contribution in [1.29, 1.82) is 0 Å². The number of carbonyl (C=O) groups excluding carboxylic acids is 2. The van der Waals surface area contributed by atoms with Gasteiger partial charge in [0.1, 0.15) is 17.5 Å². The summed E-state index contributed by atoms with van der Waals surface area (Å²) in [5.41, 5.74) is 1.91. The number of aromatic amines is 1. The Balaban J connectivity index is 1.57. The fourth-order valence-corrected chi connectivity index (χ4v) is 3.28. The summed E-state index contributed by atoms with van der Waals surface area (Å²) in [4.78, 5) is 27.1. The first-order valence-corrected chi connectivity index (χ1v) is 8.86. The minimum absolute atomic E-state index is 0.143. The number of aromatic nitrogens is 2. The topological polar surface area (TPSA) is 91.2 Å². The lowest BCUT2D eigenvalue weighted by atomic mass is 10.0. The molecule has 7 nitrogen and oxygen atoms in total. The SMILES string of the molecule is Cc1ccc(-c2cc(C(=O)N3CCNC(=O)[C@@H]3Cc3ccccc3)n[nH]2)o1. The van der Waals surface area contributed by atoms with Crippen molar-refractivity contribution in [2.24, 2.45) is 0 Å². The Morgan fingerprint density at radius 3 is 2.81 bits per heavy atom. The summed E-state index contributed by atoms with van der Waals surface area (Å²) in [5.74, 6) is 0.992. The van der Waals surface area contributed by atoms with E-state index in [-0.39, 0.29) is 17.5 Å². The average Bonchev–Trinajstić information content (AvgIpc) is 3.33. The van der Waals surface area contributed by atoms with Crippen molar-refractivity contribution < 1.29 is 14.0 Å². The van der Waals surface area contributed by atoms with Crippen LogP contribution < -0.4 is 5.32 Å². The lowest BCUT2D eigenvalue weighted by Gasteiger charge is -2.34. The number of hydrogen-bond donors (Lipinski definition) is 2. The highest BCUT2D eigenvalue weighted by Gasteiger charge is 2.34. The van der Waals surface area contributed by atoms with Crippen LogP contribution in [0.2, 0.25) is 0 Å². The predicted molar refractivity (Wildman–Crippen MR) is 99.0 cm³/mol. The Labute approximate surface area is 156 Å². The number of piperazine rings is 1. The monoisotopic (exact) mass is 364 g/mol. The Morgan fingerprint density at radius 1 is 1.26 bits per heavy atom. The van der Waals surface area contributed by atoms with E-state index in [9.17, 15) is 9.59 Å². The van der Waals surface area contributed by atoms with E-state index >= 15 is 0 Å². The van der Waals surface area contributed by atoms with E-state index in [1.807, 2.05) is 49.4 Å². The molecule has 3 aromatic rings. The lowest BCUT2D eigenvalue weighted by molar-refractivity contribution is -0.127. The van der Waals surface area contributed by atoms with Gasteiger partial charge in [0.15, 0.2) is 11.5 Å². The van der Waals surface area contributed by atoms with E-state index in [0.717, 1.165) is 11.3 Å². The molecular weight excluding hydrogens is 344 g/mol. The van der Waals surface area contributed by atoms with Gasteiger partial charge in [-0.25, -0.2) is 0 Å². The molecule has 0 unspecified atom stereocenters. The van der Waals surface area contributed by atoms with Gasteiger partial charge in [0.05, 0.1) is 0 Å². The van der Waals surface area contributed by atoms with E-state index in [1.165, 1.54) is 0 Å². The minimum atomic E-state index is -0.556. The summed E-state index contributed by atoms with van der Waals surface area (Å²) in [6, 6.07) is 14.5. The van der Waals surface area contributed by atoms with Gasteiger partial charge in [-0.2, -0.15) is 5.10 Å². The molecule has 2 amide bonds. The van der Waals surface area contributed by atoms with Gasteiger partial charge in [-0.3, -0.25) is 14.7 Å². The summed E-state index contributed by atoms with van der Waals surface area (Å²) >= 11 is 0. The molecule has 4 rings (SSSR count). The van der Waals surface area contributed by atoms with Gasteiger partial charge < -0.3 is 14.6 Å². The molecule has 0 spiro atoms. The Morgan fingerprint density at radius 2 is 2.07 bits per heavy atom. The van der Waals surface area contributed by atoms with Crippen molar-refractivity contribution in [3.05, 3.63) is 65.5 Å². The first-order chi connectivity index (χ1) is 13.1. The molecule has 0 saturated carbocycles. The largest absolute Gasteiger partial charge is 0.460 e. The number of rotatable bonds is 4. The zero-order valence-electron chi connectivity index (χ0n) is 14.9. The molecule has 2 aromatic heterocycles. The van der Waals surface area contributed by atoms with Gasteiger partial charge in [-0.15, -0.1) is 0 Å². The second kappa shape index (κ2) is 7.11. The zero-order valence-corrected chi connectivity index (χ0v) is 14.9. The summed E-state index contributed by atoms with van der Waals surface area (Å²) in [5, 5.41) is 9.82. The van der Waals surface area contributed by atoms with Gasteiger partial charge in [0.25, 0.3) is 5.91 Å². The number of benzene rings is 1. The van der Waals surface area contributed by atoms with Gasteiger partial charge in [0.2, 0.25) is 5.91 Å². The molecule has 27 heavy (non-hydrogen) atoms. The van der Waals surface area contributed by atoms with Crippen LogP contribution in [0.1, 0.15) is 21.8 Å². The molecule has 7 heteroatoms. The molecule has 1 fully saturated rings. The van der Waals surface area contributed by atoms with Crippen LogP contribution >= 0.6 is 0 Å². The number of aryl methyl sites for hydroxylation is 1. The highest BCUT2D eigenvalue weighted by molar-refractivity contribution is 5.97. The third-order valence-corrected chi connectivity index (χ3v) is 4.67. The van der Waals surface area contributed by atoms with Gasteiger partial charge in [-0.1, -0.05) is 30.3 Å². The third-order valence-electron chi connectivity index (χ3n) is 4.67. The van der Waals surface area contributed by atoms with Crippen LogP contribution in [0.25, 0.3) is 11.5 Å². The molecule has 1 aromatic carbocycles. The quantitative estimate of drug-likeness (QED) is 0.742. The first kappa shape index (κ1) is 17.1. The first-order valence-electron chi connectivity index (χ1n) is 8.86. The maximum atomic E-state index is 13.0. The lowest BCUT2D eigenvalue weighted by Crippen LogP contribution is -2.58. The number of nitrogens with zero attached hydrogens (tertiary/aromatic N) is 2. The molecule has 1 aliphatic rings. The molecule has 0 aliphatic carbocycles. The summed E-state index contributed by atoms with van der Waals surface area (Å²) in [7, 11) is 0. The summed E-state index contributed by atoms with van der Waals surface area (Å²) < 4.78 is 5.57. The van der Waals surface area contributed by atoms with Crippen molar-refractivity contribution in [3.63, 3.8) is 0 Å². The second-order valence-corrected chi connectivity index (χ2v) is 6.57. The van der Waals surface area contributed by atoms with Crippen LogP contribution in [0.3, 0.4) is 0 Å². The molecule has 0 bridgehead atoms. The molecule has 138 valence electrons. The van der Waals surface area contributed by atoms with Crippen LogP contribution in [-0.4, -0.2) is 46.0 Å². The van der Waals surface area contributed by atoms with Crippen molar-refractivity contribution in [1.82, 2.24) is 20.4 Å². The fourth-order valence-electron chi connectivity index (χ4n) is 3.28. The Bertz CT molecular complexity index is 961. The second-order valence-electron chi connectivity index (χ2n) is 6.57. The minimum Gasteiger partial charge on any atom is -0.460 e. The van der Waals surface area contributed by atoms with Gasteiger partial charge >= 0.3 is 0 Å². The zero-order chi connectivity index (χ0) is 18.8. The van der Waals surface area contributed by atoms with Crippen LogP contribution in [0, 0.1) is 6.92 Å². The summed E-state index contributed by atoms with van der Waals surface area (Å²) in [6.07, 6.45) is 0.465. The van der Waals surface area contributed by atoms with Crippen molar-refractivity contribution in [2.75, 3.05) is 13.1 Å². The Hall–Kier alpha value is -3.35. The summed E-state index contributed by atoms with van der Waals surface area (Å²) in [6.45, 7) is 2.74. The van der Waals surface area contributed by atoms with Crippen LogP contribution in [0.5, 0.6) is 0 Å². The number of hydrogen-bond acceptors (Lipinski definition) is 4. The van der Waals surface area contributed by atoms with Crippen LogP contribution in [0.15, 0.2) is 52.9 Å². The molecule has 3 heterocycles. The van der Waals surface area contributed by atoms with Gasteiger partial charge in [-0.05, 0) is 24.6 Å². The maximum absolute atomic E-state index is 13.0. The van der Waals surface area contributed by atoms with Crippen LogP contribution in [-0.2, 0) is 11.2 Å². The standard InChI is InChI=1S/C20H20N4O3/c1-13-7-8-18(27-13)15-12-16(23-22-15)20(26)24-10-9-21-19(25)17(24)11-14-5-3-2-4-6-14/h2-8,12,17H,9-11H2,1H3,(H,21,25)(H,22,23)/t17-/m0/s1. The highest BCUT2D eigenvalue weighted by atomic mass is 16.3. The normalized spacial score (nSPS) is 17.0. The molecule has 0 radical (unpaired) electrons. The number of carbonyl (C=O) groups is 2. The van der Waals surface area contributed by atoms with E-state index in [1.54, 1.807) is 11.0 Å². The number of H-pyrrole nitrogens is 1. The maximum Gasteiger partial charge on any atom is 0.275 e. The molecule has 2 N–H and O–H groups in total. The number of furan rings is 1. The average molecular weight is 364 g/mol.